The minimum Gasteiger partial charge on any atom is -0.366 e. The molecule has 38 heavy (non-hydrogen) atoms. The van der Waals surface area contributed by atoms with Crippen molar-refractivity contribution in [2.24, 2.45) is 17.8 Å². The van der Waals surface area contributed by atoms with Gasteiger partial charge >= 0.3 is 5.51 Å². The topological polar surface area (TPSA) is 79.7 Å². The second-order valence-electron chi connectivity index (χ2n) is 8.83. The first-order valence-corrected chi connectivity index (χ1v) is 13.0. The Balaban J connectivity index is 0.000000317. The zero-order valence-electron chi connectivity index (χ0n) is 20.9. The van der Waals surface area contributed by atoms with Gasteiger partial charge in [0.15, 0.2) is 6.17 Å². The van der Waals surface area contributed by atoms with E-state index in [-0.39, 0.29) is 22.8 Å². The summed E-state index contributed by atoms with van der Waals surface area (Å²) < 4.78 is 39.4. The first kappa shape index (κ1) is 27.5. The highest BCUT2D eigenvalue weighted by Gasteiger charge is 2.30. The van der Waals surface area contributed by atoms with Gasteiger partial charge in [-0.1, -0.05) is 42.8 Å². The molecule has 1 unspecified atom stereocenters. The van der Waals surface area contributed by atoms with Crippen molar-refractivity contribution in [3.05, 3.63) is 84.3 Å². The number of primary amides is 1. The summed E-state index contributed by atoms with van der Waals surface area (Å²) in [7, 11) is 1.73. The Labute approximate surface area is 223 Å². The van der Waals surface area contributed by atoms with Gasteiger partial charge in [0.25, 0.3) is 5.91 Å². The fraction of sp³-hybridized carbons (Fsp3) is 0.296. The van der Waals surface area contributed by atoms with Crippen LogP contribution in [0.25, 0.3) is 11.1 Å². The maximum atomic E-state index is 12.6. The standard InChI is InChI=1S/C22H22F3N3S.C5H7N3O/c23-22(24,25)29-18-11-9-17(10-12-18)19-7-2-3-8-20(19)21-26-13-6-16-28(21)27-14-4-1-5-15-27;1-8-3-4(2-7-8)5(6)9/h2-3,6-13,16,21H,1,4-5,14-15H2;2-3H,1H3,(H2,6,9). The van der Waals surface area contributed by atoms with Gasteiger partial charge in [0.05, 0.1) is 11.8 Å². The predicted molar refractivity (Wildman–Crippen MR) is 143 cm³/mol. The van der Waals surface area contributed by atoms with Crippen LogP contribution in [0.3, 0.4) is 0 Å². The summed E-state index contributed by atoms with van der Waals surface area (Å²) in [6, 6.07) is 14.5. The van der Waals surface area contributed by atoms with Gasteiger partial charge < -0.3 is 5.73 Å². The monoisotopic (exact) mass is 542 g/mol. The minimum atomic E-state index is -4.28. The molecule has 2 N–H and O–H groups in total. The quantitative estimate of drug-likeness (QED) is 0.413. The highest BCUT2D eigenvalue weighted by Crippen LogP contribution is 2.39. The Kier molecular flexibility index (Phi) is 8.90. The molecule has 200 valence electrons. The van der Waals surface area contributed by atoms with E-state index in [1.807, 2.05) is 36.6 Å². The normalized spacial score (nSPS) is 17.7. The number of allylic oxidation sites excluding steroid dienone is 1. The van der Waals surface area contributed by atoms with E-state index in [9.17, 15) is 18.0 Å². The number of carbonyl (C=O) groups excluding carboxylic acids is 1. The van der Waals surface area contributed by atoms with Crippen molar-refractivity contribution in [3.63, 3.8) is 0 Å². The Morgan fingerprint density at radius 2 is 1.76 bits per heavy atom. The van der Waals surface area contributed by atoms with Crippen LogP contribution in [0.2, 0.25) is 0 Å². The molecule has 0 spiro atoms. The lowest BCUT2D eigenvalue weighted by Gasteiger charge is -2.41. The third-order valence-electron chi connectivity index (χ3n) is 6.09. The molecule has 0 aliphatic carbocycles. The molecule has 0 radical (unpaired) electrons. The molecule has 1 saturated heterocycles. The number of nitrogens with zero attached hydrogens (tertiary/aromatic N) is 5. The SMILES string of the molecule is Cn1cc(C(N)=O)cn1.FC(F)(F)Sc1ccc(-c2ccccc2C2N=CC=CN2N2CCCCC2)cc1. The van der Waals surface area contributed by atoms with Gasteiger partial charge in [-0.2, -0.15) is 18.3 Å². The predicted octanol–water partition coefficient (Wildman–Crippen LogP) is 5.78. The number of aromatic nitrogens is 2. The fourth-order valence-electron chi connectivity index (χ4n) is 4.36. The Morgan fingerprint density at radius 1 is 1.05 bits per heavy atom. The summed E-state index contributed by atoms with van der Waals surface area (Å²) in [6.45, 7) is 2.00. The molecule has 7 nitrogen and oxygen atoms in total. The molecule has 2 aromatic carbocycles. The number of benzene rings is 2. The summed E-state index contributed by atoms with van der Waals surface area (Å²) in [5, 5.41) is 8.27. The van der Waals surface area contributed by atoms with E-state index in [1.54, 1.807) is 25.4 Å². The minimum absolute atomic E-state index is 0.0915. The van der Waals surface area contributed by atoms with E-state index in [0.717, 1.165) is 29.8 Å². The van der Waals surface area contributed by atoms with Crippen molar-refractivity contribution in [3.8, 4) is 11.1 Å². The van der Waals surface area contributed by atoms with E-state index in [2.05, 4.69) is 21.3 Å². The molecule has 5 rings (SSSR count). The summed E-state index contributed by atoms with van der Waals surface area (Å²) in [5.74, 6) is -0.442. The average Bonchev–Trinajstić information content (AvgIpc) is 3.36. The van der Waals surface area contributed by atoms with Crippen LogP contribution >= 0.6 is 11.8 Å². The van der Waals surface area contributed by atoms with Crippen molar-refractivity contribution in [2.45, 2.75) is 35.8 Å². The van der Waals surface area contributed by atoms with Crippen molar-refractivity contribution < 1.29 is 18.0 Å². The van der Waals surface area contributed by atoms with E-state index in [4.69, 9.17) is 10.7 Å². The lowest BCUT2D eigenvalue weighted by atomic mass is 9.97. The van der Waals surface area contributed by atoms with Crippen molar-refractivity contribution >= 4 is 23.9 Å². The molecule has 3 aromatic rings. The van der Waals surface area contributed by atoms with E-state index in [1.165, 1.54) is 42.3 Å². The van der Waals surface area contributed by atoms with Gasteiger partial charge in [-0.3, -0.25) is 19.5 Å². The lowest BCUT2D eigenvalue weighted by Crippen LogP contribution is -2.44. The molecular formula is C27H29F3N6OS. The third kappa shape index (κ3) is 7.26. The highest BCUT2D eigenvalue weighted by atomic mass is 32.2. The van der Waals surface area contributed by atoms with E-state index < -0.39 is 11.4 Å². The summed E-state index contributed by atoms with van der Waals surface area (Å²) >= 11 is -0.0915. The van der Waals surface area contributed by atoms with Gasteiger partial charge in [0.1, 0.15) is 0 Å². The second-order valence-corrected chi connectivity index (χ2v) is 9.97. The number of amides is 1. The number of aliphatic imine (C=N–C) groups is 1. The number of hydrazine groups is 1. The van der Waals surface area contributed by atoms with Gasteiger partial charge in [-0.15, -0.1) is 0 Å². The van der Waals surface area contributed by atoms with E-state index in [0.29, 0.717) is 5.56 Å². The van der Waals surface area contributed by atoms with Crippen LogP contribution in [0.15, 0.2) is 83.1 Å². The van der Waals surface area contributed by atoms with Crippen LogP contribution in [0.1, 0.15) is 41.3 Å². The maximum absolute atomic E-state index is 12.6. The number of alkyl halides is 3. The van der Waals surface area contributed by atoms with Crippen LogP contribution < -0.4 is 5.73 Å². The third-order valence-corrected chi connectivity index (χ3v) is 6.83. The van der Waals surface area contributed by atoms with Gasteiger partial charge in [-0.25, -0.2) is 5.01 Å². The molecule has 3 heterocycles. The maximum Gasteiger partial charge on any atom is 0.446 e. The van der Waals surface area contributed by atoms with E-state index >= 15 is 0 Å². The van der Waals surface area contributed by atoms with Crippen molar-refractivity contribution in [1.29, 1.82) is 0 Å². The highest BCUT2D eigenvalue weighted by molar-refractivity contribution is 8.00. The largest absolute Gasteiger partial charge is 0.446 e. The zero-order valence-corrected chi connectivity index (χ0v) is 21.7. The molecule has 1 atom stereocenters. The van der Waals surface area contributed by atoms with Crippen LogP contribution in [0.5, 0.6) is 0 Å². The molecule has 2 aliphatic heterocycles. The first-order valence-electron chi connectivity index (χ1n) is 12.2. The van der Waals surface area contributed by atoms with Gasteiger partial charge in [0, 0.05) is 49.2 Å². The van der Waals surface area contributed by atoms with Gasteiger partial charge in [-0.05, 0) is 53.9 Å². The van der Waals surface area contributed by atoms with Crippen molar-refractivity contribution in [2.75, 3.05) is 13.1 Å². The summed E-state index contributed by atoms with van der Waals surface area (Å²) in [5.41, 5.74) is 4.00. The van der Waals surface area contributed by atoms with Crippen LogP contribution in [-0.4, -0.2) is 50.5 Å². The molecule has 11 heteroatoms. The van der Waals surface area contributed by atoms with Crippen LogP contribution in [0.4, 0.5) is 13.2 Å². The summed E-state index contributed by atoms with van der Waals surface area (Å²) in [4.78, 5) is 15.3. The number of halogens is 3. The molecule has 0 saturated carbocycles. The molecule has 1 amide bonds. The van der Waals surface area contributed by atoms with Crippen LogP contribution in [0, 0.1) is 0 Å². The Hall–Kier alpha value is -3.57. The average molecular weight is 543 g/mol. The number of piperidine rings is 1. The summed E-state index contributed by atoms with van der Waals surface area (Å²) in [6.07, 6.45) is 12.2. The molecule has 1 fully saturated rings. The number of carbonyl (C=O) groups is 1. The molecular weight excluding hydrogens is 513 g/mol. The molecule has 0 bridgehead atoms. The number of hydrogen-bond donors (Lipinski definition) is 1. The zero-order chi connectivity index (χ0) is 27.1. The second kappa shape index (κ2) is 12.3. The molecule has 2 aliphatic rings. The Morgan fingerprint density at radius 3 is 2.37 bits per heavy atom. The smallest absolute Gasteiger partial charge is 0.366 e. The first-order chi connectivity index (χ1) is 18.2. The fourth-order valence-corrected chi connectivity index (χ4v) is 4.90. The number of thioether (sulfide) groups is 1. The molecule has 1 aromatic heterocycles. The van der Waals surface area contributed by atoms with Crippen molar-refractivity contribution in [1.82, 2.24) is 19.8 Å². The number of hydrogen-bond acceptors (Lipinski definition) is 6. The van der Waals surface area contributed by atoms with Gasteiger partial charge in [0.2, 0.25) is 0 Å². The number of aryl methyl sites for hydroxylation is 1. The lowest BCUT2D eigenvalue weighted by molar-refractivity contribution is -0.0328. The number of rotatable bonds is 5. The Bertz CT molecular complexity index is 1280. The van der Waals surface area contributed by atoms with Crippen LogP contribution in [-0.2, 0) is 7.05 Å². The number of nitrogens with two attached hydrogens (primary N) is 1.